The van der Waals surface area contributed by atoms with Crippen LogP contribution in [-0.2, 0) is 10.2 Å². The van der Waals surface area contributed by atoms with Crippen molar-refractivity contribution >= 4 is 0 Å². The molecule has 0 bridgehead atoms. The normalized spacial score (nSPS) is 16.0. The third-order valence-electron chi connectivity index (χ3n) is 4.31. The average molecular weight is 345 g/mol. The zero-order chi connectivity index (χ0) is 18.0. The summed E-state index contributed by atoms with van der Waals surface area (Å²) in [6.45, 7) is 8.78. The van der Waals surface area contributed by atoms with Crippen LogP contribution in [-0.4, -0.2) is 34.9 Å². The summed E-state index contributed by atoms with van der Waals surface area (Å²) in [7, 11) is 1.69. The maximum atomic E-state index is 6.22. The molecule has 1 atom stereocenters. The number of hydrogen-bond donors (Lipinski definition) is 0. The van der Waals surface area contributed by atoms with Crippen LogP contribution in [0.25, 0.3) is 11.5 Å². The SMILES string of the molecule is CCC(COC)Oc1cc(-c2noc(C(C)(C)C)n2)ncc1C1CC1. The largest absolute Gasteiger partial charge is 0.488 e. The van der Waals surface area contributed by atoms with E-state index in [1.807, 2.05) is 33.0 Å². The Hall–Kier alpha value is -1.95. The van der Waals surface area contributed by atoms with Gasteiger partial charge in [-0.2, -0.15) is 4.98 Å². The summed E-state index contributed by atoms with van der Waals surface area (Å²) >= 11 is 0. The summed E-state index contributed by atoms with van der Waals surface area (Å²) in [6.07, 6.45) is 5.18. The van der Waals surface area contributed by atoms with Crippen LogP contribution in [0.1, 0.15) is 64.3 Å². The second-order valence-electron chi connectivity index (χ2n) is 7.66. The molecule has 6 heteroatoms. The third kappa shape index (κ3) is 4.18. The van der Waals surface area contributed by atoms with Gasteiger partial charge in [-0.15, -0.1) is 0 Å². The van der Waals surface area contributed by atoms with Crippen molar-refractivity contribution < 1.29 is 14.0 Å². The minimum Gasteiger partial charge on any atom is -0.488 e. The van der Waals surface area contributed by atoms with Gasteiger partial charge >= 0.3 is 0 Å². The van der Waals surface area contributed by atoms with Gasteiger partial charge < -0.3 is 14.0 Å². The van der Waals surface area contributed by atoms with Gasteiger partial charge in [-0.05, 0) is 25.2 Å². The highest BCUT2D eigenvalue weighted by Crippen LogP contribution is 2.45. The number of aromatic nitrogens is 3. The third-order valence-corrected chi connectivity index (χ3v) is 4.31. The summed E-state index contributed by atoms with van der Waals surface area (Å²) in [4.78, 5) is 9.05. The Bertz CT molecular complexity index is 717. The lowest BCUT2D eigenvalue weighted by atomic mass is 9.97. The van der Waals surface area contributed by atoms with Crippen LogP contribution in [0.5, 0.6) is 5.75 Å². The number of hydrogen-bond acceptors (Lipinski definition) is 6. The Morgan fingerprint density at radius 2 is 2.08 bits per heavy atom. The van der Waals surface area contributed by atoms with E-state index < -0.39 is 0 Å². The van der Waals surface area contributed by atoms with E-state index in [4.69, 9.17) is 14.0 Å². The first-order valence-electron chi connectivity index (χ1n) is 8.92. The van der Waals surface area contributed by atoms with E-state index in [0.29, 0.717) is 29.9 Å². The van der Waals surface area contributed by atoms with Crippen LogP contribution in [0.4, 0.5) is 0 Å². The summed E-state index contributed by atoms with van der Waals surface area (Å²) in [5.41, 5.74) is 1.65. The second kappa shape index (κ2) is 7.12. The monoisotopic (exact) mass is 345 g/mol. The Kier molecular flexibility index (Phi) is 5.08. The quantitative estimate of drug-likeness (QED) is 0.752. The summed E-state index contributed by atoms with van der Waals surface area (Å²) in [5, 5.41) is 4.09. The number of ether oxygens (including phenoxy) is 2. The molecule has 0 N–H and O–H groups in total. The molecule has 6 nitrogen and oxygen atoms in total. The van der Waals surface area contributed by atoms with E-state index in [2.05, 4.69) is 22.0 Å². The maximum Gasteiger partial charge on any atom is 0.232 e. The van der Waals surface area contributed by atoms with Crippen LogP contribution in [0.15, 0.2) is 16.8 Å². The van der Waals surface area contributed by atoms with Crippen LogP contribution in [0.2, 0.25) is 0 Å². The lowest BCUT2D eigenvalue weighted by Crippen LogP contribution is -2.22. The first-order chi connectivity index (χ1) is 11.9. The zero-order valence-corrected chi connectivity index (χ0v) is 15.7. The summed E-state index contributed by atoms with van der Waals surface area (Å²) in [6, 6.07) is 1.93. The van der Waals surface area contributed by atoms with Crippen molar-refractivity contribution in [3.05, 3.63) is 23.7 Å². The van der Waals surface area contributed by atoms with Crippen LogP contribution in [0.3, 0.4) is 0 Å². The molecule has 0 aromatic carbocycles. The van der Waals surface area contributed by atoms with Crippen molar-refractivity contribution in [2.75, 3.05) is 13.7 Å². The number of rotatable bonds is 7. The van der Waals surface area contributed by atoms with E-state index in [0.717, 1.165) is 17.7 Å². The highest BCUT2D eigenvalue weighted by molar-refractivity contribution is 5.54. The molecule has 3 rings (SSSR count). The average Bonchev–Trinajstić information content (AvgIpc) is 3.28. The van der Waals surface area contributed by atoms with E-state index >= 15 is 0 Å². The number of nitrogens with zero attached hydrogens (tertiary/aromatic N) is 3. The van der Waals surface area contributed by atoms with E-state index in [1.54, 1.807) is 7.11 Å². The molecule has 0 spiro atoms. The Balaban J connectivity index is 1.91. The molecule has 2 heterocycles. The Morgan fingerprint density at radius 3 is 2.64 bits per heavy atom. The number of methoxy groups -OCH3 is 1. The molecule has 2 aromatic heterocycles. The fourth-order valence-corrected chi connectivity index (χ4v) is 2.61. The molecule has 1 unspecified atom stereocenters. The Labute approximate surface area is 148 Å². The molecule has 0 aliphatic heterocycles. The molecule has 25 heavy (non-hydrogen) atoms. The lowest BCUT2D eigenvalue weighted by molar-refractivity contribution is 0.0781. The zero-order valence-electron chi connectivity index (χ0n) is 15.7. The first-order valence-corrected chi connectivity index (χ1v) is 8.92. The van der Waals surface area contributed by atoms with Crippen LogP contribution in [0, 0.1) is 0 Å². The summed E-state index contributed by atoms with van der Waals surface area (Å²) in [5.74, 6) is 2.51. The predicted molar refractivity (Wildman–Crippen MR) is 94.8 cm³/mol. The van der Waals surface area contributed by atoms with Gasteiger partial charge in [0.2, 0.25) is 11.7 Å². The molecule has 1 saturated carbocycles. The smallest absolute Gasteiger partial charge is 0.232 e. The van der Waals surface area contributed by atoms with Gasteiger partial charge in [0.25, 0.3) is 0 Å². The van der Waals surface area contributed by atoms with Gasteiger partial charge in [0, 0.05) is 30.4 Å². The van der Waals surface area contributed by atoms with Crippen molar-refractivity contribution in [1.29, 1.82) is 0 Å². The minimum atomic E-state index is -0.190. The predicted octanol–water partition coefficient (Wildman–Crippen LogP) is 4.11. The molecular formula is C19H27N3O3. The topological polar surface area (TPSA) is 70.3 Å². The van der Waals surface area contributed by atoms with Crippen molar-refractivity contribution in [1.82, 2.24) is 15.1 Å². The van der Waals surface area contributed by atoms with Crippen molar-refractivity contribution in [3.63, 3.8) is 0 Å². The highest BCUT2D eigenvalue weighted by atomic mass is 16.5. The molecule has 2 aromatic rings. The molecular weight excluding hydrogens is 318 g/mol. The fraction of sp³-hybridized carbons (Fsp3) is 0.632. The van der Waals surface area contributed by atoms with Gasteiger partial charge in [0.05, 0.1) is 6.61 Å². The molecule has 0 amide bonds. The molecule has 0 radical (unpaired) electrons. The van der Waals surface area contributed by atoms with Gasteiger partial charge in [-0.3, -0.25) is 4.98 Å². The van der Waals surface area contributed by atoms with Gasteiger partial charge in [0.1, 0.15) is 17.5 Å². The van der Waals surface area contributed by atoms with E-state index in [-0.39, 0.29) is 11.5 Å². The molecule has 1 aliphatic carbocycles. The van der Waals surface area contributed by atoms with Gasteiger partial charge in [-0.1, -0.05) is 32.9 Å². The van der Waals surface area contributed by atoms with Crippen molar-refractivity contribution in [3.8, 4) is 17.3 Å². The van der Waals surface area contributed by atoms with Gasteiger partial charge in [-0.25, -0.2) is 0 Å². The summed E-state index contributed by atoms with van der Waals surface area (Å²) < 4.78 is 16.9. The van der Waals surface area contributed by atoms with Crippen LogP contribution >= 0.6 is 0 Å². The molecule has 1 aliphatic rings. The lowest BCUT2D eigenvalue weighted by Gasteiger charge is -2.19. The maximum absolute atomic E-state index is 6.22. The fourth-order valence-electron chi connectivity index (χ4n) is 2.61. The molecule has 1 fully saturated rings. The first kappa shape index (κ1) is 17.9. The van der Waals surface area contributed by atoms with E-state index in [9.17, 15) is 0 Å². The van der Waals surface area contributed by atoms with Crippen molar-refractivity contribution in [2.24, 2.45) is 0 Å². The minimum absolute atomic E-state index is 0.0214. The van der Waals surface area contributed by atoms with Crippen molar-refractivity contribution in [2.45, 2.75) is 64.4 Å². The standard InChI is InChI=1S/C19H27N3O3/c1-6-13(11-23-5)24-16-9-15(20-10-14(16)12-7-8-12)17-21-18(25-22-17)19(2,3)4/h9-10,12-13H,6-8,11H2,1-5H3. The highest BCUT2D eigenvalue weighted by Gasteiger charge is 2.29. The number of pyridine rings is 1. The Morgan fingerprint density at radius 1 is 1.32 bits per heavy atom. The van der Waals surface area contributed by atoms with E-state index in [1.165, 1.54) is 12.8 Å². The molecule has 136 valence electrons. The van der Waals surface area contributed by atoms with Crippen LogP contribution < -0.4 is 4.74 Å². The molecule has 0 saturated heterocycles. The van der Waals surface area contributed by atoms with Gasteiger partial charge in [0.15, 0.2) is 0 Å². The second-order valence-corrected chi connectivity index (χ2v) is 7.66.